The fourth-order valence-corrected chi connectivity index (χ4v) is 1.80. The van der Waals surface area contributed by atoms with Crippen LogP contribution in [0.25, 0.3) is 0 Å². The zero-order chi connectivity index (χ0) is 12.0. The Morgan fingerprint density at radius 1 is 1.38 bits per heavy atom. The van der Waals surface area contributed by atoms with Crippen molar-refractivity contribution in [1.82, 2.24) is 15.5 Å². The lowest BCUT2D eigenvalue weighted by Crippen LogP contribution is -2.48. The van der Waals surface area contributed by atoms with Crippen molar-refractivity contribution in [2.75, 3.05) is 26.2 Å². The third-order valence-electron chi connectivity index (χ3n) is 2.73. The number of rotatable bonds is 4. The number of carbonyl (C=O) groups is 2. The van der Waals surface area contributed by atoms with Crippen molar-refractivity contribution in [3.8, 4) is 0 Å². The molecule has 0 aromatic heterocycles. The molecule has 0 atom stereocenters. The molecule has 1 rings (SSSR count). The Bertz CT molecular complexity index is 249. The van der Waals surface area contributed by atoms with E-state index in [0.29, 0.717) is 32.2 Å². The van der Waals surface area contributed by atoms with Crippen LogP contribution in [0.2, 0.25) is 0 Å². The van der Waals surface area contributed by atoms with E-state index < -0.39 is 0 Å². The molecule has 0 aromatic rings. The van der Waals surface area contributed by atoms with Crippen LogP contribution in [0, 0.1) is 0 Å². The molecular formula is C10H20N4O2. The molecule has 0 bridgehead atoms. The lowest BCUT2D eigenvalue weighted by atomic mass is 10.1. The van der Waals surface area contributed by atoms with Gasteiger partial charge in [-0.2, -0.15) is 0 Å². The zero-order valence-electron chi connectivity index (χ0n) is 9.66. The van der Waals surface area contributed by atoms with Crippen LogP contribution in [-0.2, 0) is 4.79 Å². The number of urea groups is 1. The molecule has 0 aromatic carbocycles. The number of primary amides is 1. The normalized spacial score (nSPS) is 17.2. The Morgan fingerprint density at radius 3 is 2.50 bits per heavy atom. The van der Waals surface area contributed by atoms with E-state index in [1.165, 1.54) is 0 Å². The van der Waals surface area contributed by atoms with Crippen LogP contribution >= 0.6 is 0 Å². The van der Waals surface area contributed by atoms with Crippen LogP contribution in [0.15, 0.2) is 0 Å². The highest BCUT2D eigenvalue weighted by Crippen LogP contribution is 2.09. The Labute approximate surface area is 95.5 Å². The first-order chi connectivity index (χ1) is 7.63. The van der Waals surface area contributed by atoms with Crippen molar-refractivity contribution in [2.45, 2.75) is 25.8 Å². The third kappa shape index (κ3) is 4.06. The summed E-state index contributed by atoms with van der Waals surface area (Å²) in [6, 6.07) is -0.0552. The molecular weight excluding hydrogens is 208 g/mol. The predicted molar refractivity (Wildman–Crippen MR) is 60.9 cm³/mol. The van der Waals surface area contributed by atoms with E-state index in [1.807, 2.05) is 6.92 Å². The van der Waals surface area contributed by atoms with Crippen LogP contribution in [-0.4, -0.2) is 49.1 Å². The number of nitrogens with zero attached hydrogens (tertiary/aromatic N) is 1. The molecule has 1 heterocycles. The summed E-state index contributed by atoms with van der Waals surface area (Å²) < 4.78 is 0. The van der Waals surface area contributed by atoms with Crippen LogP contribution in [0.3, 0.4) is 0 Å². The number of hydrogen-bond donors (Lipinski definition) is 3. The Hall–Kier alpha value is -1.30. The number of nitrogens with two attached hydrogens (primary N) is 1. The van der Waals surface area contributed by atoms with E-state index >= 15 is 0 Å². The van der Waals surface area contributed by atoms with Gasteiger partial charge in [0.1, 0.15) is 0 Å². The summed E-state index contributed by atoms with van der Waals surface area (Å²) >= 11 is 0. The first-order valence-corrected chi connectivity index (χ1v) is 5.68. The van der Waals surface area contributed by atoms with E-state index in [4.69, 9.17) is 5.73 Å². The van der Waals surface area contributed by atoms with Crippen LogP contribution < -0.4 is 16.4 Å². The van der Waals surface area contributed by atoms with E-state index in [0.717, 1.165) is 12.8 Å². The summed E-state index contributed by atoms with van der Waals surface area (Å²) in [4.78, 5) is 23.7. The molecule has 16 heavy (non-hydrogen) atoms. The first-order valence-electron chi connectivity index (χ1n) is 5.68. The number of amides is 3. The minimum absolute atomic E-state index is 0.0137. The molecule has 0 aliphatic carbocycles. The Morgan fingerprint density at radius 2 is 2.00 bits per heavy atom. The van der Waals surface area contributed by atoms with Gasteiger partial charge < -0.3 is 21.3 Å². The van der Waals surface area contributed by atoms with Gasteiger partial charge in [0.15, 0.2) is 0 Å². The van der Waals surface area contributed by atoms with E-state index in [-0.39, 0.29) is 11.9 Å². The number of piperidine rings is 1. The summed E-state index contributed by atoms with van der Waals surface area (Å²) in [6.45, 7) is 4.23. The Kier molecular flexibility index (Phi) is 5.04. The van der Waals surface area contributed by atoms with Gasteiger partial charge in [0.25, 0.3) is 0 Å². The molecule has 4 N–H and O–H groups in total. The molecule has 1 aliphatic heterocycles. The lowest BCUT2D eigenvalue weighted by molar-refractivity contribution is -0.120. The summed E-state index contributed by atoms with van der Waals surface area (Å²) in [6.07, 6.45) is 1.70. The van der Waals surface area contributed by atoms with Gasteiger partial charge >= 0.3 is 6.03 Å². The van der Waals surface area contributed by atoms with Crippen molar-refractivity contribution >= 4 is 11.9 Å². The Balaban J connectivity index is 2.17. The van der Waals surface area contributed by atoms with Crippen LogP contribution in [0.4, 0.5) is 4.79 Å². The minimum Gasteiger partial charge on any atom is -0.355 e. The zero-order valence-corrected chi connectivity index (χ0v) is 9.66. The molecule has 0 unspecified atom stereocenters. The highest BCUT2D eigenvalue weighted by Gasteiger charge is 2.20. The first kappa shape index (κ1) is 12.8. The van der Waals surface area contributed by atoms with E-state index in [2.05, 4.69) is 10.6 Å². The predicted octanol–water partition coefficient (Wildman–Crippen LogP) is -0.745. The van der Waals surface area contributed by atoms with Gasteiger partial charge in [0.2, 0.25) is 5.91 Å². The molecule has 1 fully saturated rings. The van der Waals surface area contributed by atoms with Gasteiger partial charge in [-0.05, 0) is 19.8 Å². The van der Waals surface area contributed by atoms with E-state index in [9.17, 15) is 9.59 Å². The molecule has 0 spiro atoms. The SMILES string of the molecule is CCNC(=O)CNC1CCN(C(N)=O)CC1. The smallest absolute Gasteiger partial charge is 0.314 e. The van der Waals surface area contributed by atoms with Crippen molar-refractivity contribution in [2.24, 2.45) is 5.73 Å². The van der Waals surface area contributed by atoms with Crippen molar-refractivity contribution in [3.63, 3.8) is 0 Å². The van der Waals surface area contributed by atoms with Crippen LogP contribution in [0.1, 0.15) is 19.8 Å². The number of nitrogens with one attached hydrogen (secondary N) is 2. The van der Waals surface area contributed by atoms with Crippen molar-refractivity contribution < 1.29 is 9.59 Å². The van der Waals surface area contributed by atoms with Crippen molar-refractivity contribution in [3.05, 3.63) is 0 Å². The fourth-order valence-electron chi connectivity index (χ4n) is 1.80. The topological polar surface area (TPSA) is 87.5 Å². The van der Waals surface area contributed by atoms with Crippen molar-refractivity contribution in [1.29, 1.82) is 0 Å². The van der Waals surface area contributed by atoms with Gasteiger partial charge in [0.05, 0.1) is 6.54 Å². The van der Waals surface area contributed by atoms with Gasteiger partial charge in [0, 0.05) is 25.7 Å². The number of likely N-dealkylation sites (N-methyl/N-ethyl adjacent to an activating group) is 1. The molecule has 3 amide bonds. The quantitative estimate of drug-likeness (QED) is 0.592. The number of carbonyl (C=O) groups excluding carboxylic acids is 2. The maximum absolute atomic E-state index is 11.2. The van der Waals surface area contributed by atoms with Gasteiger partial charge in [-0.3, -0.25) is 4.79 Å². The average molecular weight is 228 g/mol. The molecule has 6 heteroatoms. The molecule has 6 nitrogen and oxygen atoms in total. The molecule has 0 radical (unpaired) electrons. The largest absolute Gasteiger partial charge is 0.355 e. The number of hydrogen-bond acceptors (Lipinski definition) is 3. The standard InChI is InChI=1S/C10H20N4O2/c1-2-12-9(15)7-13-8-3-5-14(6-4-8)10(11)16/h8,13H,2-7H2,1H3,(H2,11,16)(H,12,15). The van der Waals surface area contributed by atoms with Gasteiger partial charge in [-0.1, -0.05) is 0 Å². The maximum Gasteiger partial charge on any atom is 0.314 e. The fraction of sp³-hybridized carbons (Fsp3) is 0.800. The second kappa shape index (κ2) is 6.32. The minimum atomic E-state index is -0.359. The van der Waals surface area contributed by atoms with E-state index in [1.54, 1.807) is 4.90 Å². The lowest BCUT2D eigenvalue weighted by Gasteiger charge is -2.31. The average Bonchev–Trinajstić information content (AvgIpc) is 2.27. The second-order valence-corrected chi connectivity index (χ2v) is 3.93. The van der Waals surface area contributed by atoms with Crippen LogP contribution in [0.5, 0.6) is 0 Å². The summed E-state index contributed by atoms with van der Waals surface area (Å²) in [5.41, 5.74) is 5.18. The third-order valence-corrected chi connectivity index (χ3v) is 2.73. The van der Waals surface area contributed by atoms with Gasteiger partial charge in [-0.25, -0.2) is 4.79 Å². The molecule has 0 saturated carbocycles. The monoisotopic (exact) mass is 228 g/mol. The maximum atomic E-state index is 11.2. The van der Waals surface area contributed by atoms with Gasteiger partial charge in [-0.15, -0.1) is 0 Å². The molecule has 1 aliphatic rings. The summed E-state index contributed by atoms with van der Waals surface area (Å²) in [5, 5.41) is 5.90. The number of likely N-dealkylation sites (tertiary alicyclic amines) is 1. The highest BCUT2D eigenvalue weighted by atomic mass is 16.2. The summed E-state index contributed by atoms with van der Waals surface area (Å²) in [5.74, 6) is 0.0137. The highest BCUT2D eigenvalue weighted by molar-refractivity contribution is 5.77. The molecule has 92 valence electrons. The molecule has 1 saturated heterocycles. The second-order valence-electron chi connectivity index (χ2n) is 3.93. The summed E-state index contributed by atoms with van der Waals surface area (Å²) in [7, 11) is 0.